The molecular formula is C19H16N2O6. The Balaban J connectivity index is 2.18. The lowest BCUT2D eigenvalue weighted by molar-refractivity contribution is -0.135. The molecule has 0 aliphatic rings. The first-order chi connectivity index (χ1) is 12.9. The van der Waals surface area contributed by atoms with Gasteiger partial charge in [-0.2, -0.15) is 0 Å². The fourth-order valence-electron chi connectivity index (χ4n) is 2.83. The smallest absolute Gasteiger partial charge is 0.322 e. The second-order valence-corrected chi connectivity index (χ2v) is 5.88. The van der Waals surface area contributed by atoms with E-state index in [4.69, 9.17) is 5.11 Å². The van der Waals surface area contributed by atoms with Crippen molar-refractivity contribution in [3.8, 4) is 11.5 Å². The van der Waals surface area contributed by atoms with Crippen LogP contribution < -0.4 is 10.9 Å². The van der Waals surface area contributed by atoms with Gasteiger partial charge < -0.3 is 25.2 Å². The Morgan fingerprint density at radius 3 is 2.48 bits per heavy atom. The zero-order valence-corrected chi connectivity index (χ0v) is 14.0. The predicted octanol–water partition coefficient (Wildman–Crippen LogP) is 1.28. The number of aromatic nitrogens is 1. The topological polar surface area (TPSA) is 129 Å². The zero-order valence-electron chi connectivity index (χ0n) is 14.0. The number of phenolic OH excluding ortho intramolecular Hbond substituents is 1. The van der Waals surface area contributed by atoms with E-state index in [0.717, 1.165) is 0 Å². The van der Waals surface area contributed by atoms with Gasteiger partial charge in [0, 0.05) is 5.39 Å². The van der Waals surface area contributed by atoms with E-state index in [-0.39, 0.29) is 17.7 Å². The first-order valence-electron chi connectivity index (χ1n) is 8.01. The second-order valence-electron chi connectivity index (χ2n) is 5.88. The summed E-state index contributed by atoms with van der Waals surface area (Å²) in [6.45, 7) is -0.635. The number of rotatable bonds is 5. The Hall–Kier alpha value is -3.81. The number of carboxylic acid groups (broad SMARTS) is 1. The summed E-state index contributed by atoms with van der Waals surface area (Å²) >= 11 is 0. The summed E-state index contributed by atoms with van der Waals surface area (Å²) in [5.74, 6) is -2.73. The Morgan fingerprint density at radius 1 is 1.04 bits per heavy atom. The molecular weight excluding hydrogens is 352 g/mol. The van der Waals surface area contributed by atoms with Gasteiger partial charge in [0.05, 0.1) is 12.1 Å². The first-order valence-corrected chi connectivity index (χ1v) is 8.01. The van der Waals surface area contributed by atoms with Gasteiger partial charge in [-0.3, -0.25) is 14.4 Å². The summed E-state index contributed by atoms with van der Waals surface area (Å²) in [6.07, 6.45) is 0. The standard InChI is InChI=1S/C19H16N2O6/c22-12-5-3-4-11(8-12)10-21-14-7-2-1-6-13(14)17(25)16(19(21)27)18(26)20-9-15(23)24/h1-8,22,25H,9-10H2,(H,20,26)(H,23,24). The van der Waals surface area contributed by atoms with Gasteiger partial charge in [0.1, 0.15) is 23.6 Å². The lowest BCUT2D eigenvalue weighted by Crippen LogP contribution is -2.36. The van der Waals surface area contributed by atoms with E-state index < -0.39 is 35.3 Å². The summed E-state index contributed by atoms with van der Waals surface area (Å²) in [6, 6.07) is 12.8. The van der Waals surface area contributed by atoms with E-state index in [1.54, 1.807) is 36.4 Å². The van der Waals surface area contributed by atoms with Crippen LogP contribution >= 0.6 is 0 Å². The molecule has 0 unspecified atom stereocenters. The largest absolute Gasteiger partial charge is 0.508 e. The van der Waals surface area contributed by atoms with Crippen molar-refractivity contribution in [3.63, 3.8) is 0 Å². The van der Waals surface area contributed by atoms with E-state index >= 15 is 0 Å². The minimum absolute atomic E-state index is 0.0306. The van der Waals surface area contributed by atoms with Crippen molar-refractivity contribution in [1.82, 2.24) is 9.88 Å². The second kappa shape index (κ2) is 7.20. The van der Waals surface area contributed by atoms with E-state index in [9.17, 15) is 24.6 Å². The maximum absolute atomic E-state index is 12.9. The molecule has 0 saturated carbocycles. The number of pyridine rings is 1. The Kier molecular flexibility index (Phi) is 4.80. The maximum atomic E-state index is 12.9. The molecule has 138 valence electrons. The number of amides is 1. The quantitative estimate of drug-likeness (QED) is 0.537. The fraction of sp³-hybridized carbons (Fsp3) is 0.105. The molecule has 0 fully saturated rings. The molecule has 8 heteroatoms. The lowest BCUT2D eigenvalue weighted by atomic mass is 10.1. The minimum atomic E-state index is -1.27. The number of hydrogen-bond acceptors (Lipinski definition) is 5. The van der Waals surface area contributed by atoms with Crippen LogP contribution in [0.5, 0.6) is 11.5 Å². The molecule has 1 aromatic heterocycles. The minimum Gasteiger partial charge on any atom is -0.508 e. The van der Waals surface area contributed by atoms with Crippen molar-refractivity contribution in [2.24, 2.45) is 0 Å². The normalized spacial score (nSPS) is 10.7. The molecule has 3 rings (SSSR count). The highest BCUT2D eigenvalue weighted by atomic mass is 16.4. The van der Waals surface area contributed by atoms with Gasteiger partial charge in [-0.05, 0) is 29.8 Å². The van der Waals surface area contributed by atoms with Crippen LogP contribution in [0.25, 0.3) is 10.9 Å². The molecule has 0 bridgehead atoms. The summed E-state index contributed by atoms with van der Waals surface area (Å²) in [5.41, 5.74) is -0.282. The number of carbonyl (C=O) groups excluding carboxylic acids is 1. The molecule has 3 aromatic rings. The number of aromatic hydroxyl groups is 2. The monoisotopic (exact) mass is 368 g/mol. The molecule has 0 aliphatic carbocycles. The van der Waals surface area contributed by atoms with E-state index in [0.29, 0.717) is 11.1 Å². The molecule has 8 nitrogen and oxygen atoms in total. The van der Waals surface area contributed by atoms with Crippen molar-refractivity contribution in [2.75, 3.05) is 6.54 Å². The third-order valence-corrected chi connectivity index (χ3v) is 4.02. The van der Waals surface area contributed by atoms with Crippen LogP contribution in [-0.2, 0) is 11.3 Å². The summed E-state index contributed by atoms with van der Waals surface area (Å²) in [5, 5.41) is 31.2. The molecule has 4 N–H and O–H groups in total. The van der Waals surface area contributed by atoms with Crippen LogP contribution in [0.1, 0.15) is 15.9 Å². The van der Waals surface area contributed by atoms with Crippen molar-refractivity contribution >= 4 is 22.8 Å². The maximum Gasteiger partial charge on any atom is 0.322 e. The fourth-order valence-corrected chi connectivity index (χ4v) is 2.83. The molecule has 0 saturated heterocycles. The van der Waals surface area contributed by atoms with Crippen LogP contribution in [0, 0.1) is 0 Å². The molecule has 2 aromatic carbocycles. The van der Waals surface area contributed by atoms with Gasteiger partial charge in [-0.15, -0.1) is 0 Å². The Bertz CT molecular complexity index is 1100. The third-order valence-electron chi connectivity index (χ3n) is 4.02. The van der Waals surface area contributed by atoms with Crippen molar-refractivity contribution in [1.29, 1.82) is 0 Å². The Morgan fingerprint density at radius 2 is 1.78 bits per heavy atom. The highest BCUT2D eigenvalue weighted by Gasteiger charge is 2.22. The third kappa shape index (κ3) is 3.59. The van der Waals surface area contributed by atoms with E-state index in [1.165, 1.54) is 16.7 Å². The molecule has 1 amide bonds. The number of hydrogen-bond donors (Lipinski definition) is 4. The number of benzene rings is 2. The van der Waals surface area contributed by atoms with Gasteiger partial charge in [0.2, 0.25) is 0 Å². The van der Waals surface area contributed by atoms with E-state index in [2.05, 4.69) is 5.32 Å². The first kappa shape index (κ1) is 18.0. The van der Waals surface area contributed by atoms with Gasteiger partial charge in [-0.25, -0.2) is 0 Å². The van der Waals surface area contributed by atoms with Crippen LogP contribution in [0.4, 0.5) is 0 Å². The number of nitrogens with zero attached hydrogens (tertiary/aromatic N) is 1. The highest BCUT2D eigenvalue weighted by molar-refractivity contribution is 6.03. The molecule has 0 atom stereocenters. The van der Waals surface area contributed by atoms with Gasteiger partial charge in [-0.1, -0.05) is 24.3 Å². The average Bonchev–Trinajstić information content (AvgIpc) is 2.63. The summed E-state index contributed by atoms with van der Waals surface area (Å²) < 4.78 is 1.29. The van der Waals surface area contributed by atoms with Gasteiger partial charge in [0.25, 0.3) is 11.5 Å². The number of phenols is 1. The van der Waals surface area contributed by atoms with Crippen LogP contribution in [0.2, 0.25) is 0 Å². The molecule has 1 heterocycles. The number of aliphatic carboxylic acids is 1. The predicted molar refractivity (Wildman–Crippen MR) is 97.1 cm³/mol. The average molecular weight is 368 g/mol. The summed E-state index contributed by atoms with van der Waals surface area (Å²) in [7, 11) is 0. The van der Waals surface area contributed by atoms with Crippen LogP contribution in [0.15, 0.2) is 53.3 Å². The van der Waals surface area contributed by atoms with Crippen molar-refractivity contribution in [2.45, 2.75) is 6.54 Å². The van der Waals surface area contributed by atoms with Crippen LogP contribution in [-0.4, -0.2) is 38.3 Å². The van der Waals surface area contributed by atoms with Crippen LogP contribution in [0.3, 0.4) is 0 Å². The number of carbonyl (C=O) groups is 2. The van der Waals surface area contributed by atoms with Gasteiger partial charge in [0.15, 0.2) is 0 Å². The highest BCUT2D eigenvalue weighted by Crippen LogP contribution is 2.27. The van der Waals surface area contributed by atoms with Gasteiger partial charge >= 0.3 is 5.97 Å². The number of nitrogens with one attached hydrogen (secondary N) is 1. The number of para-hydroxylation sites is 1. The Labute approximate surface area is 152 Å². The number of carboxylic acids is 1. The van der Waals surface area contributed by atoms with E-state index in [1.807, 2.05) is 0 Å². The molecule has 0 aliphatic heterocycles. The lowest BCUT2D eigenvalue weighted by Gasteiger charge is -2.15. The molecule has 0 spiro atoms. The molecule has 27 heavy (non-hydrogen) atoms. The number of fused-ring (bicyclic) bond motifs is 1. The van der Waals surface area contributed by atoms with Crippen molar-refractivity contribution in [3.05, 3.63) is 70.0 Å². The van der Waals surface area contributed by atoms with Crippen molar-refractivity contribution < 1.29 is 24.9 Å². The SMILES string of the molecule is O=C(O)CNC(=O)c1c(O)c2ccccc2n(Cc2cccc(O)c2)c1=O. The molecule has 0 radical (unpaired) electrons. The summed E-state index contributed by atoms with van der Waals surface area (Å²) in [4.78, 5) is 35.9. The zero-order chi connectivity index (χ0) is 19.6.